The number of piperidine rings is 1. The van der Waals surface area contributed by atoms with Crippen molar-refractivity contribution in [2.75, 3.05) is 18.4 Å². The third-order valence-corrected chi connectivity index (χ3v) is 5.88. The number of H-pyrrole nitrogens is 1. The van der Waals surface area contributed by atoms with E-state index in [1.807, 2.05) is 39.0 Å². The lowest BCUT2D eigenvalue weighted by Gasteiger charge is -2.40. The van der Waals surface area contributed by atoms with Crippen LogP contribution in [0.4, 0.5) is 10.6 Å². The van der Waals surface area contributed by atoms with E-state index in [9.17, 15) is 4.79 Å². The summed E-state index contributed by atoms with van der Waals surface area (Å²) in [4.78, 5) is 15.4. The number of aromatic amines is 1. The van der Waals surface area contributed by atoms with E-state index >= 15 is 0 Å². The maximum atomic E-state index is 12.5. The fraction of sp³-hybridized carbons (Fsp3) is 0.579. The molecule has 1 amide bonds. The van der Waals surface area contributed by atoms with Gasteiger partial charge in [-0.25, -0.2) is 4.79 Å². The molecule has 1 aliphatic heterocycles. The van der Waals surface area contributed by atoms with E-state index in [1.54, 1.807) is 16.2 Å². The zero-order chi connectivity index (χ0) is 19.7. The van der Waals surface area contributed by atoms with E-state index in [1.165, 1.54) is 0 Å². The Labute approximate surface area is 169 Å². The molecule has 0 spiro atoms. The highest BCUT2D eigenvalue weighted by atomic mass is 35.5. The second-order valence-electron chi connectivity index (χ2n) is 8.29. The molecule has 3 heterocycles. The predicted molar refractivity (Wildman–Crippen MR) is 110 cm³/mol. The molecule has 3 rings (SSSR count). The molecule has 8 heteroatoms. The number of rotatable bonds is 4. The van der Waals surface area contributed by atoms with Gasteiger partial charge in [-0.15, -0.1) is 11.3 Å². The van der Waals surface area contributed by atoms with Gasteiger partial charge in [-0.2, -0.15) is 5.10 Å². The number of carbonyl (C=O) groups is 1. The quantitative estimate of drug-likeness (QED) is 0.741. The first-order valence-corrected chi connectivity index (χ1v) is 10.4. The number of nitrogens with zero attached hydrogens (tertiary/aromatic N) is 2. The van der Waals surface area contributed by atoms with Gasteiger partial charge in [0.15, 0.2) is 0 Å². The summed E-state index contributed by atoms with van der Waals surface area (Å²) >= 11 is 7.53. The van der Waals surface area contributed by atoms with Gasteiger partial charge in [-0.1, -0.05) is 18.5 Å². The number of hydrogen-bond acceptors (Lipinski definition) is 5. The van der Waals surface area contributed by atoms with Crippen molar-refractivity contribution in [1.82, 2.24) is 15.1 Å². The topological polar surface area (TPSA) is 70.2 Å². The zero-order valence-electron chi connectivity index (χ0n) is 16.3. The summed E-state index contributed by atoms with van der Waals surface area (Å²) in [5.41, 5.74) is 0.372. The fourth-order valence-corrected chi connectivity index (χ4v) is 4.31. The SMILES string of the molecule is CC(C)(C)OC(=O)N1CCCC(C)(c2cc(NCc3ccc(Cl)s3)n[nH]2)C1. The minimum atomic E-state index is -0.485. The van der Waals surface area contributed by atoms with Gasteiger partial charge in [0, 0.05) is 35.1 Å². The standard InChI is InChI=1S/C19H27ClN4O2S/c1-18(2,3)26-17(25)24-9-5-8-19(4,12-24)14-10-16(23-22-14)21-11-13-6-7-15(20)27-13/h6-7,10H,5,8-9,11-12H2,1-4H3,(H2,21,22,23). The van der Waals surface area contributed by atoms with Crippen molar-refractivity contribution in [3.8, 4) is 0 Å². The molecule has 148 valence electrons. The molecule has 1 aliphatic rings. The number of halogens is 1. The van der Waals surface area contributed by atoms with Crippen LogP contribution in [0.2, 0.25) is 4.34 Å². The van der Waals surface area contributed by atoms with Gasteiger partial charge in [0.25, 0.3) is 0 Å². The van der Waals surface area contributed by atoms with E-state index in [-0.39, 0.29) is 11.5 Å². The number of carbonyl (C=O) groups excluding carboxylic acids is 1. The lowest BCUT2D eigenvalue weighted by molar-refractivity contribution is 0.0143. The van der Waals surface area contributed by atoms with Crippen LogP contribution in [0.1, 0.15) is 51.1 Å². The first-order valence-electron chi connectivity index (χ1n) is 9.17. The van der Waals surface area contributed by atoms with Crippen LogP contribution in [-0.4, -0.2) is 39.9 Å². The van der Waals surface area contributed by atoms with Crippen LogP contribution >= 0.6 is 22.9 Å². The summed E-state index contributed by atoms with van der Waals surface area (Å²) < 4.78 is 6.32. The maximum absolute atomic E-state index is 12.5. The molecule has 1 unspecified atom stereocenters. The lowest BCUT2D eigenvalue weighted by atomic mass is 9.79. The highest BCUT2D eigenvalue weighted by Crippen LogP contribution is 2.34. The summed E-state index contributed by atoms with van der Waals surface area (Å²) in [6.45, 7) is 9.86. The Morgan fingerprint density at radius 1 is 1.48 bits per heavy atom. The molecule has 6 nitrogen and oxygen atoms in total. The molecule has 0 aliphatic carbocycles. The Morgan fingerprint density at radius 3 is 2.93 bits per heavy atom. The van der Waals surface area contributed by atoms with Gasteiger partial charge in [0.2, 0.25) is 0 Å². The molecule has 1 saturated heterocycles. The Hall–Kier alpha value is -1.73. The Bertz CT molecular complexity index is 798. The van der Waals surface area contributed by atoms with Crippen LogP contribution in [0, 0.1) is 0 Å². The molecule has 27 heavy (non-hydrogen) atoms. The second kappa shape index (κ2) is 7.72. The van der Waals surface area contributed by atoms with Crippen molar-refractivity contribution >= 4 is 34.8 Å². The third-order valence-electron chi connectivity index (χ3n) is 4.65. The highest BCUT2D eigenvalue weighted by molar-refractivity contribution is 7.16. The van der Waals surface area contributed by atoms with Gasteiger partial charge < -0.3 is 15.0 Å². The molecule has 2 aromatic heterocycles. The molecule has 0 aromatic carbocycles. The molecule has 2 aromatic rings. The van der Waals surface area contributed by atoms with Gasteiger partial charge in [0.1, 0.15) is 11.4 Å². The summed E-state index contributed by atoms with van der Waals surface area (Å²) in [6, 6.07) is 5.94. The van der Waals surface area contributed by atoms with Crippen LogP contribution in [0.15, 0.2) is 18.2 Å². The smallest absolute Gasteiger partial charge is 0.410 e. The first kappa shape index (κ1) is 20.0. The number of likely N-dealkylation sites (tertiary alicyclic amines) is 1. The predicted octanol–water partition coefficient (Wildman–Crippen LogP) is 5.03. The molecule has 0 bridgehead atoms. The van der Waals surface area contributed by atoms with E-state index in [4.69, 9.17) is 16.3 Å². The number of hydrogen-bond donors (Lipinski definition) is 2. The first-order chi connectivity index (χ1) is 12.6. The van der Waals surface area contributed by atoms with E-state index in [0.717, 1.165) is 40.1 Å². The monoisotopic (exact) mass is 410 g/mol. The maximum Gasteiger partial charge on any atom is 0.410 e. The molecular weight excluding hydrogens is 384 g/mol. The number of nitrogens with one attached hydrogen (secondary N) is 2. The van der Waals surface area contributed by atoms with Gasteiger partial charge in [-0.3, -0.25) is 5.10 Å². The molecule has 1 fully saturated rings. The number of amides is 1. The number of aromatic nitrogens is 2. The molecule has 1 atom stereocenters. The van der Waals surface area contributed by atoms with Crippen molar-refractivity contribution in [2.24, 2.45) is 0 Å². The van der Waals surface area contributed by atoms with Crippen molar-refractivity contribution in [3.63, 3.8) is 0 Å². The average molecular weight is 411 g/mol. The zero-order valence-corrected chi connectivity index (χ0v) is 17.8. The molecule has 2 N–H and O–H groups in total. The Morgan fingerprint density at radius 2 is 2.26 bits per heavy atom. The molecular formula is C19H27ClN4O2S. The number of thiophene rings is 1. The van der Waals surface area contributed by atoms with Crippen molar-refractivity contribution in [2.45, 2.75) is 58.1 Å². The van der Waals surface area contributed by atoms with Crippen LogP contribution in [0.25, 0.3) is 0 Å². The van der Waals surface area contributed by atoms with Gasteiger partial charge in [-0.05, 0) is 45.7 Å². The summed E-state index contributed by atoms with van der Waals surface area (Å²) in [6.07, 6.45) is 1.68. The number of ether oxygens (including phenoxy) is 1. The van der Waals surface area contributed by atoms with Crippen molar-refractivity contribution < 1.29 is 9.53 Å². The fourth-order valence-electron chi connectivity index (χ4n) is 3.29. The van der Waals surface area contributed by atoms with E-state index in [2.05, 4.69) is 22.4 Å². The minimum absolute atomic E-state index is 0.172. The Balaban J connectivity index is 1.64. The average Bonchev–Trinajstić information content (AvgIpc) is 3.20. The van der Waals surface area contributed by atoms with Gasteiger partial charge in [0.05, 0.1) is 10.9 Å². The van der Waals surface area contributed by atoms with Gasteiger partial charge >= 0.3 is 6.09 Å². The molecule has 0 radical (unpaired) electrons. The van der Waals surface area contributed by atoms with Crippen LogP contribution in [0.5, 0.6) is 0 Å². The second-order valence-corrected chi connectivity index (χ2v) is 10.1. The molecule has 0 saturated carbocycles. The lowest BCUT2D eigenvalue weighted by Crippen LogP contribution is -2.48. The Kier molecular flexibility index (Phi) is 5.72. The summed E-state index contributed by atoms with van der Waals surface area (Å²) in [5, 5.41) is 10.9. The largest absolute Gasteiger partial charge is 0.444 e. The minimum Gasteiger partial charge on any atom is -0.444 e. The van der Waals surface area contributed by atoms with E-state index in [0.29, 0.717) is 13.1 Å². The summed E-state index contributed by atoms with van der Waals surface area (Å²) in [7, 11) is 0. The number of anilines is 1. The normalized spacial score (nSPS) is 20.6. The third kappa shape index (κ3) is 5.17. The van der Waals surface area contributed by atoms with Crippen LogP contribution in [-0.2, 0) is 16.7 Å². The van der Waals surface area contributed by atoms with Crippen LogP contribution < -0.4 is 5.32 Å². The summed E-state index contributed by atoms with van der Waals surface area (Å²) in [5.74, 6) is 0.796. The van der Waals surface area contributed by atoms with E-state index < -0.39 is 5.60 Å². The van der Waals surface area contributed by atoms with Crippen LogP contribution in [0.3, 0.4) is 0 Å². The van der Waals surface area contributed by atoms with Crippen molar-refractivity contribution in [3.05, 3.63) is 33.1 Å². The highest BCUT2D eigenvalue weighted by Gasteiger charge is 2.37. The van der Waals surface area contributed by atoms with Crippen molar-refractivity contribution in [1.29, 1.82) is 0 Å².